The summed E-state index contributed by atoms with van der Waals surface area (Å²) in [6, 6.07) is 8.55. The number of hydrogen-bond acceptors (Lipinski definition) is 2. The summed E-state index contributed by atoms with van der Waals surface area (Å²) < 4.78 is 5.85. The Kier molecular flexibility index (Phi) is 5.83. The minimum Gasteiger partial charge on any atom is -0.374 e. The van der Waals surface area contributed by atoms with Crippen LogP contribution in [0.2, 0.25) is 0 Å². The van der Waals surface area contributed by atoms with Crippen molar-refractivity contribution >= 4 is 0 Å². The van der Waals surface area contributed by atoms with Crippen LogP contribution in [0.5, 0.6) is 0 Å². The Morgan fingerprint density at radius 3 is 2.28 bits per heavy atom. The molecule has 0 aromatic heterocycles. The van der Waals surface area contributed by atoms with Crippen molar-refractivity contribution in [3.05, 3.63) is 35.4 Å². The SMILES string of the molecule is CCCc1ccc(C(N)COC(C)(C)CC)cc1. The average Bonchev–Trinajstić information content (AvgIpc) is 2.37. The van der Waals surface area contributed by atoms with E-state index in [1.807, 2.05) is 0 Å². The van der Waals surface area contributed by atoms with E-state index in [-0.39, 0.29) is 11.6 Å². The van der Waals surface area contributed by atoms with Crippen molar-refractivity contribution in [2.24, 2.45) is 5.73 Å². The lowest BCUT2D eigenvalue weighted by Crippen LogP contribution is -2.28. The van der Waals surface area contributed by atoms with Gasteiger partial charge in [0.2, 0.25) is 0 Å². The van der Waals surface area contributed by atoms with E-state index >= 15 is 0 Å². The number of aryl methyl sites for hydroxylation is 1. The first kappa shape index (κ1) is 15.2. The Labute approximate surface area is 112 Å². The molecule has 0 heterocycles. The number of nitrogens with two attached hydrogens (primary N) is 1. The molecule has 0 aliphatic rings. The molecular formula is C16H27NO. The molecule has 0 aliphatic heterocycles. The van der Waals surface area contributed by atoms with Crippen LogP contribution >= 0.6 is 0 Å². The monoisotopic (exact) mass is 249 g/mol. The molecule has 0 bridgehead atoms. The van der Waals surface area contributed by atoms with Gasteiger partial charge in [-0.15, -0.1) is 0 Å². The Morgan fingerprint density at radius 2 is 1.78 bits per heavy atom. The first-order valence-electron chi connectivity index (χ1n) is 6.97. The van der Waals surface area contributed by atoms with Gasteiger partial charge >= 0.3 is 0 Å². The van der Waals surface area contributed by atoms with Gasteiger partial charge in [0, 0.05) is 0 Å². The van der Waals surface area contributed by atoms with Crippen molar-refractivity contribution in [3.8, 4) is 0 Å². The van der Waals surface area contributed by atoms with E-state index in [2.05, 4.69) is 52.0 Å². The third-order valence-corrected chi connectivity index (χ3v) is 3.45. The molecule has 0 spiro atoms. The van der Waals surface area contributed by atoms with E-state index in [0.29, 0.717) is 6.61 Å². The maximum Gasteiger partial charge on any atom is 0.0666 e. The lowest BCUT2D eigenvalue weighted by Gasteiger charge is -2.25. The predicted molar refractivity (Wildman–Crippen MR) is 77.7 cm³/mol. The molecule has 102 valence electrons. The molecule has 0 amide bonds. The van der Waals surface area contributed by atoms with Crippen molar-refractivity contribution in [2.75, 3.05) is 6.61 Å². The van der Waals surface area contributed by atoms with E-state index in [1.165, 1.54) is 12.0 Å². The molecule has 0 saturated carbocycles. The molecule has 0 aliphatic carbocycles. The molecule has 1 atom stereocenters. The van der Waals surface area contributed by atoms with Crippen LogP contribution in [0.15, 0.2) is 24.3 Å². The molecule has 2 nitrogen and oxygen atoms in total. The maximum absolute atomic E-state index is 6.16. The number of ether oxygens (including phenoxy) is 1. The second kappa shape index (κ2) is 6.91. The molecule has 0 fully saturated rings. The zero-order chi connectivity index (χ0) is 13.6. The highest BCUT2D eigenvalue weighted by atomic mass is 16.5. The topological polar surface area (TPSA) is 35.2 Å². The fraction of sp³-hybridized carbons (Fsp3) is 0.625. The normalized spacial score (nSPS) is 13.6. The van der Waals surface area contributed by atoms with Crippen LogP contribution in [-0.4, -0.2) is 12.2 Å². The van der Waals surface area contributed by atoms with Crippen LogP contribution in [0.3, 0.4) is 0 Å². The summed E-state index contributed by atoms with van der Waals surface area (Å²) in [6.07, 6.45) is 3.31. The molecule has 0 saturated heterocycles. The third kappa shape index (κ3) is 4.79. The van der Waals surface area contributed by atoms with Gasteiger partial charge in [0.1, 0.15) is 0 Å². The molecule has 2 N–H and O–H groups in total. The maximum atomic E-state index is 6.16. The molecule has 1 rings (SSSR count). The fourth-order valence-corrected chi connectivity index (χ4v) is 1.73. The van der Waals surface area contributed by atoms with Gasteiger partial charge in [-0.1, -0.05) is 44.5 Å². The minimum atomic E-state index is -0.0836. The molecular weight excluding hydrogens is 222 g/mol. The zero-order valence-electron chi connectivity index (χ0n) is 12.2. The lowest BCUT2D eigenvalue weighted by molar-refractivity contribution is -0.0267. The Balaban J connectivity index is 2.53. The van der Waals surface area contributed by atoms with Crippen LogP contribution in [0.4, 0.5) is 0 Å². The zero-order valence-corrected chi connectivity index (χ0v) is 12.2. The Hall–Kier alpha value is -0.860. The second-order valence-corrected chi connectivity index (χ2v) is 5.52. The van der Waals surface area contributed by atoms with E-state index in [1.54, 1.807) is 0 Å². The standard InChI is InChI=1S/C16H27NO/c1-5-7-13-8-10-14(11-9-13)15(17)12-18-16(3,4)6-2/h8-11,15H,5-7,12,17H2,1-4H3. The van der Waals surface area contributed by atoms with Crippen molar-refractivity contribution in [1.29, 1.82) is 0 Å². The molecule has 1 unspecified atom stereocenters. The summed E-state index contributed by atoms with van der Waals surface area (Å²) in [5.41, 5.74) is 8.60. The molecule has 1 aromatic rings. The quantitative estimate of drug-likeness (QED) is 0.796. The van der Waals surface area contributed by atoms with E-state index in [9.17, 15) is 0 Å². The first-order chi connectivity index (χ1) is 8.48. The van der Waals surface area contributed by atoms with Gasteiger partial charge in [-0.2, -0.15) is 0 Å². The summed E-state index contributed by atoms with van der Waals surface area (Å²) in [5, 5.41) is 0. The smallest absolute Gasteiger partial charge is 0.0666 e. The van der Waals surface area contributed by atoms with Crippen LogP contribution in [0.25, 0.3) is 0 Å². The van der Waals surface area contributed by atoms with E-state index < -0.39 is 0 Å². The van der Waals surface area contributed by atoms with E-state index in [4.69, 9.17) is 10.5 Å². The van der Waals surface area contributed by atoms with Crippen LogP contribution < -0.4 is 5.73 Å². The van der Waals surface area contributed by atoms with Gasteiger partial charge < -0.3 is 10.5 Å². The van der Waals surface area contributed by atoms with Gasteiger partial charge in [-0.3, -0.25) is 0 Å². The number of benzene rings is 1. The lowest BCUT2D eigenvalue weighted by atomic mass is 10.0. The average molecular weight is 249 g/mol. The van der Waals surface area contributed by atoms with Gasteiger partial charge in [0.15, 0.2) is 0 Å². The largest absolute Gasteiger partial charge is 0.374 e. The highest BCUT2D eigenvalue weighted by Gasteiger charge is 2.17. The summed E-state index contributed by atoms with van der Waals surface area (Å²) in [7, 11) is 0. The molecule has 1 aromatic carbocycles. The van der Waals surface area contributed by atoms with Gasteiger partial charge in [0.05, 0.1) is 18.2 Å². The van der Waals surface area contributed by atoms with Gasteiger partial charge in [-0.05, 0) is 37.8 Å². The highest BCUT2D eigenvalue weighted by Crippen LogP contribution is 2.18. The van der Waals surface area contributed by atoms with Gasteiger partial charge in [0.25, 0.3) is 0 Å². The van der Waals surface area contributed by atoms with Crippen molar-refractivity contribution < 1.29 is 4.74 Å². The molecule has 2 heteroatoms. The van der Waals surface area contributed by atoms with Crippen molar-refractivity contribution in [3.63, 3.8) is 0 Å². The first-order valence-corrected chi connectivity index (χ1v) is 6.97. The fourth-order valence-electron chi connectivity index (χ4n) is 1.73. The Morgan fingerprint density at radius 1 is 1.17 bits per heavy atom. The number of hydrogen-bond donors (Lipinski definition) is 1. The highest BCUT2D eigenvalue weighted by molar-refractivity contribution is 5.25. The summed E-state index contributed by atoms with van der Waals surface area (Å²) >= 11 is 0. The molecule has 18 heavy (non-hydrogen) atoms. The summed E-state index contributed by atoms with van der Waals surface area (Å²) in [5.74, 6) is 0. The van der Waals surface area contributed by atoms with Crippen LogP contribution in [0.1, 0.15) is 57.7 Å². The molecule has 0 radical (unpaired) electrons. The Bertz CT molecular complexity index is 343. The van der Waals surface area contributed by atoms with Gasteiger partial charge in [-0.25, -0.2) is 0 Å². The predicted octanol–water partition coefficient (Wildman–Crippen LogP) is 3.84. The van der Waals surface area contributed by atoms with E-state index in [0.717, 1.165) is 18.4 Å². The minimum absolute atomic E-state index is 0.0356. The van der Waals surface area contributed by atoms with Crippen LogP contribution in [0, 0.1) is 0 Å². The third-order valence-electron chi connectivity index (χ3n) is 3.45. The second-order valence-electron chi connectivity index (χ2n) is 5.52. The van der Waals surface area contributed by atoms with Crippen molar-refractivity contribution in [1.82, 2.24) is 0 Å². The summed E-state index contributed by atoms with van der Waals surface area (Å²) in [6.45, 7) is 9.10. The van der Waals surface area contributed by atoms with Crippen molar-refractivity contribution in [2.45, 2.75) is 58.6 Å². The van der Waals surface area contributed by atoms with Crippen LogP contribution in [-0.2, 0) is 11.2 Å². The summed E-state index contributed by atoms with van der Waals surface area (Å²) in [4.78, 5) is 0. The number of rotatable bonds is 7.